The van der Waals surface area contributed by atoms with Gasteiger partial charge in [0, 0.05) is 12.1 Å². The number of rotatable bonds is 3. The second-order valence-electron chi connectivity index (χ2n) is 5.20. The Hall–Kier alpha value is -1.55. The van der Waals surface area contributed by atoms with E-state index in [1.54, 1.807) is 7.11 Å². The van der Waals surface area contributed by atoms with Gasteiger partial charge < -0.3 is 15.2 Å². The number of methoxy groups -OCH3 is 1. The van der Waals surface area contributed by atoms with Crippen molar-refractivity contribution in [2.24, 2.45) is 0 Å². The second-order valence-corrected chi connectivity index (χ2v) is 5.20. The van der Waals surface area contributed by atoms with Crippen LogP contribution >= 0.6 is 0 Å². The maximum atomic E-state index is 11.8. The molecule has 2 bridgehead atoms. The third-order valence-electron chi connectivity index (χ3n) is 4.39. The van der Waals surface area contributed by atoms with E-state index >= 15 is 0 Å². The van der Waals surface area contributed by atoms with Gasteiger partial charge in [-0.15, -0.1) is 0 Å². The van der Waals surface area contributed by atoms with E-state index in [2.05, 4.69) is 5.32 Å². The van der Waals surface area contributed by atoms with Crippen LogP contribution in [0.3, 0.4) is 0 Å². The summed E-state index contributed by atoms with van der Waals surface area (Å²) in [6, 6.07) is 7.87. The van der Waals surface area contributed by atoms with Gasteiger partial charge >= 0.3 is 5.97 Å². The van der Waals surface area contributed by atoms with E-state index in [9.17, 15) is 9.90 Å². The van der Waals surface area contributed by atoms with Crippen LogP contribution in [0.2, 0.25) is 0 Å². The molecule has 3 rings (SSSR count). The molecule has 2 aliphatic rings. The van der Waals surface area contributed by atoms with Crippen molar-refractivity contribution in [1.82, 2.24) is 5.32 Å². The summed E-state index contributed by atoms with van der Waals surface area (Å²) in [5.74, 6) is 0.0442. The molecule has 0 amide bonds. The first-order valence-corrected chi connectivity index (χ1v) is 6.31. The number of fused-ring (bicyclic) bond motifs is 2. The fourth-order valence-corrected chi connectivity index (χ4v) is 3.47. The average molecular weight is 247 g/mol. The van der Waals surface area contributed by atoms with E-state index < -0.39 is 11.4 Å². The van der Waals surface area contributed by atoms with Crippen molar-refractivity contribution in [2.75, 3.05) is 7.11 Å². The van der Waals surface area contributed by atoms with E-state index in [0.29, 0.717) is 12.5 Å². The lowest BCUT2D eigenvalue weighted by Gasteiger charge is -2.32. The average Bonchev–Trinajstić information content (AvgIpc) is 2.99. The van der Waals surface area contributed by atoms with E-state index in [4.69, 9.17) is 4.74 Å². The summed E-state index contributed by atoms with van der Waals surface area (Å²) in [6.07, 6.45) is 2.73. The minimum absolute atomic E-state index is 0.0633. The highest BCUT2D eigenvalue weighted by Crippen LogP contribution is 2.46. The maximum absolute atomic E-state index is 11.8. The van der Waals surface area contributed by atoms with Crippen LogP contribution in [0.15, 0.2) is 24.3 Å². The summed E-state index contributed by atoms with van der Waals surface area (Å²) >= 11 is 0. The smallest absolute Gasteiger partial charge is 0.315 e. The van der Waals surface area contributed by atoms with Gasteiger partial charge in [-0.25, -0.2) is 0 Å². The van der Waals surface area contributed by atoms with Crippen LogP contribution in [0, 0.1) is 0 Å². The Morgan fingerprint density at radius 2 is 2.11 bits per heavy atom. The molecule has 2 saturated heterocycles. The van der Waals surface area contributed by atoms with Crippen LogP contribution in [0.4, 0.5) is 0 Å². The van der Waals surface area contributed by atoms with Crippen molar-refractivity contribution in [2.45, 2.75) is 36.8 Å². The number of carboxylic acids is 1. The molecule has 3 atom stereocenters. The molecule has 0 saturated carbocycles. The molecule has 4 nitrogen and oxygen atoms in total. The first-order chi connectivity index (χ1) is 8.66. The Morgan fingerprint density at radius 1 is 1.39 bits per heavy atom. The van der Waals surface area contributed by atoms with Crippen LogP contribution in [0.5, 0.6) is 5.75 Å². The number of carboxylic acid groups (broad SMARTS) is 1. The number of nitrogens with one attached hydrogen (secondary N) is 1. The molecule has 0 aliphatic carbocycles. The van der Waals surface area contributed by atoms with Gasteiger partial charge in [0.2, 0.25) is 0 Å². The first-order valence-electron chi connectivity index (χ1n) is 6.31. The first kappa shape index (κ1) is 11.5. The summed E-state index contributed by atoms with van der Waals surface area (Å²) in [5.41, 5.74) is 0.130. The Bertz CT molecular complexity index is 470. The summed E-state index contributed by atoms with van der Waals surface area (Å²) in [6.45, 7) is 0. The standard InChI is InChI=1S/C14H17NO3/c1-18-11-5-2-9(3-6-11)14(13(16)17)8-10-4-7-12(14)15-10/h2-3,5-6,10,12,15H,4,7-8H2,1H3,(H,16,17). The summed E-state index contributed by atoms with van der Waals surface area (Å²) < 4.78 is 5.12. The maximum Gasteiger partial charge on any atom is 0.315 e. The van der Waals surface area contributed by atoms with E-state index in [1.165, 1.54) is 0 Å². The molecule has 3 unspecified atom stereocenters. The number of ether oxygens (including phenoxy) is 1. The van der Waals surface area contributed by atoms with Gasteiger partial charge in [-0.3, -0.25) is 4.79 Å². The lowest BCUT2D eigenvalue weighted by Crippen LogP contribution is -2.46. The molecule has 2 fully saturated rings. The van der Waals surface area contributed by atoms with Gasteiger partial charge in [0.1, 0.15) is 11.2 Å². The van der Waals surface area contributed by atoms with Gasteiger partial charge in [0.25, 0.3) is 0 Å². The minimum atomic E-state index is -0.755. The molecule has 2 heterocycles. The van der Waals surface area contributed by atoms with E-state index in [0.717, 1.165) is 24.2 Å². The van der Waals surface area contributed by atoms with Crippen LogP contribution in [-0.4, -0.2) is 30.3 Å². The van der Waals surface area contributed by atoms with Crippen molar-refractivity contribution < 1.29 is 14.6 Å². The van der Waals surface area contributed by atoms with Gasteiger partial charge in [-0.2, -0.15) is 0 Å². The molecule has 4 heteroatoms. The molecule has 1 aromatic rings. The second kappa shape index (κ2) is 3.99. The van der Waals surface area contributed by atoms with Gasteiger partial charge in [-0.1, -0.05) is 12.1 Å². The number of benzene rings is 1. The molecule has 18 heavy (non-hydrogen) atoms. The SMILES string of the molecule is COc1ccc(C2(C(=O)O)CC3CCC2N3)cc1. The van der Waals surface area contributed by atoms with Crippen molar-refractivity contribution in [1.29, 1.82) is 0 Å². The van der Waals surface area contributed by atoms with Gasteiger partial charge in [0.15, 0.2) is 0 Å². The fraction of sp³-hybridized carbons (Fsp3) is 0.500. The molecule has 1 aromatic carbocycles. The zero-order valence-electron chi connectivity index (χ0n) is 10.3. The zero-order chi connectivity index (χ0) is 12.8. The molecule has 0 spiro atoms. The summed E-state index contributed by atoms with van der Waals surface area (Å²) in [4.78, 5) is 11.8. The monoisotopic (exact) mass is 247 g/mol. The minimum Gasteiger partial charge on any atom is -0.497 e. The summed E-state index contributed by atoms with van der Waals surface area (Å²) in [5, 5.41) is 13.1. The van der Waals surface area contributed by atoms with Crippen LogP contribution in [0.1, 0.15) is 24.8 Å². The highest BCUT2D eigenvalue weighted by Gasteiger charge is 2.56. The highest BCUT2D eigenvalue weighted by molar-refractivity contribution is 5.83. The third-order valence-corrected chi connectivity index (χ3v) is 4.39. The topological polar surface area (TPSA) is 58.6 Å². The molecule has 2 N–H and O–H groups in total. The quantitative estimate of drug-likeness (QED) is 0.850. The number of hydrogen-bond donors (Lipinski definition) is 2. The van der Waals surface area contributed by atoms with E-state index in [-0.39, 0.29) is 6.04 Å². The van der Waals surface area contributed by atoms with Crippen LogP contribution in [-0.2, 0) is 10.2 Å². The Morgan fingerprint density at radius 3 is 2.56 bits per heavy atom. The van der Waals surface area contributed by atoms with Gasteiger partial charge in [-0.05, 0) is 37.0 Å². The molecule has 0 aromatic heterocycles. The third kappa shape index (κ3) is 1.45. The number of carbonyl (C=O) groups is 1. The molecular formula is C14H17NO3. The molecular weight excluding hydrogens is 230 g/mol. The van der Waals surface area contributed by atoms with Gasteiger partial charge in [0.05, 0.1) is 7.11 Å². The lowest BCUT2D eigenvalue weighted by atomic mass is 9.69. The van der Waals surface area contributed by atoms with Crippen molar-refractivity contribution >= 4 is 5.97 Å². The molecule has 0 radical (unpaired) electrons. The van der Waals surface area contributed by atoms with E-state index in [1.807, 2.05) is 24.3 Å². The van der Waals surface area contributed by atoms with Crippen molar-refractivity contribution in [3.05, 3.63) is 29.8 Å². The largest absolute Gasteiger partial charge is 0.497 e. The highest BCUT2D eigenvalue weighted by atomic mass is 16.5. The number of aliphatic carboxylic acids is 1. The van der Waals surface area contributed by atoms with Crippen molar-refractivity contribution in [3.63, 3.8) is 0 Å². The Kier molecular flexibility index (Phi) is 2.55. The predicted molar refractivity (Wildman–Crippen MR) is 66.9 cm³/mol. The van der Waals surface area contributed by atoms with Crippen LogP contribution < -0.4 is 10.1 Å². The number of hydrogen-bond acceptors (Lipinski definition) is 3. The van der Waals surface area contributed by atoms with Crippen molar-refractivity contribution in [3.8, 4) is 5.75 Å². The molecule has 2 aliphatic heterocycles. The molecule has 96 valence electrons. The zero-order valence-corrected chi connectivity index (χ0v) is 10.3. The lowest BCUT2D eigenvalue weighted by molar-refractivity contribution is -0.144. The fourth-order valence-electron chi connectivity index (χ4n) is 3.47. The Balaban J connectivity index is 2.02. The normalized spacial score (nSPS) is 33.6. The Labute approximate surface area is 106 Å². The predicted octanol–water partition coefficient (Wildman–Crippen LogP) is 1.54. The summed E-state index contributed by atoms with van der Waals surface area (Å²) in [7, 11) is 1.61. The van der Waals surface area contributed by atoms with Crippen LogP contribution in [0.25, 0.3) is 0 Å².